The lowest BCUT2D eigenvalue weighted by Gasteiger charge is -2.17. The fraction of sp³-hybridized carbons (Fsp3) is 0.750. The molecule has 1 aromatic rings. The number of Topliss-reactive ketones (excluding diaryl/α,β-unsaturated/α-hetero) is 1. The lowest BCUT2D eigenvalue weighted by molar-refractivity contribution is -0.117. The Morgan fingerprint density at radius 1 is 0.912 bits per heavy atom. The molecule has 1 aromatic carbocycles. The Kier molecular flexibility index (Phi) is 17.0. The minimum atomic E-state index is -0.590. The molecule has 0 aromatic heterocycles. The summed E-state index contributed by atoms with van der Waals surface area (Å²) < 4.78 is 5.22. The molecule has 0 spiro atoms. The molecule has 0 amide bonds. The number of hydrogen-bond donors (Lipinski definition) is 3. The van der Waals surface area contributed by atoms with Gasteiger partial charge in [0.05, 0.1) is 18.0 Å². The Morgan fingerprint density at radius 3 is 1.82 bits per heavy atom. The molecular formula is C28H49NO4S. The van der Waals surface area contributed by atoms with Crippen molar-refractivity contribution in [1.82, 2.24) is 0 Å². The van der Waals surface area contributed by atoms with Crippen LogP contribution < -0.4 is 10.5 Å². The molecule has 1 rings (SSSR count). The van der Waals surface area contributed by atoms with Gasteiger partial charge < -0.3 is 20.7 Å². The first-order valence-corrected chi connectivity index (χ1v) is 14.4. The second kappa shape index (κ2) is 18.9. The van der Waals surface area contributed by atoms with Crippen molar-refractivity contribution in [1.29, 1.82) is 0 Å². The summed E-state index contributed by atoms with van der Waals surface area (Å²) in [4.78, 5) is 12.1. The number of aromatic hydroxyl groups is 2. The number of benzene rings is 1. The predicted molar refractivity (Wildman–Crippen MR) is 144 cm³/mol. The van der Waals surface area contributed by atoms with Crippen LogP contribution in [0, 0.1) is 0 Å². The lowest BCUT2D eigenvalue weighted by Crippen LogP contribution is -2.30. The number of carbonyl (C=O) groups is 1. The van der Waals surface area contributed by atoms with Crippen molar-refractivity contribution < 1.29 is 19.7 Å². The first-order chi connectivity index (χ1) is 16.4. The molecule has 0 radical (unpaired) electrons. The van der Waals surface area contributed by atoms with E-state index in [0.29, 0.717) is 22.6 Å². The molecule has 5 nitrogen and oxygen atoms in total. The number of methoxy groups -OCH3 is 1. The standard InChI is InChI=1S/C28H49NO4S/c1-4-5-6-7-8-9-10-11-12-13-14-15-16-17-18-19-23-27(32)26(33-3)20-25(31)28(23)34-21-24(29)22(2)30/h20,24,31-32H,4-19,21,29H2,1-3H3/t24-/m1/s1. The average Bonchev–Trinajstić information content (AvgIpc) is 2.82. The first-order valence-electron chi connectivity index (χ1n) is 13.4. The Morgan fingerprint density at radius 2 is 1.38 bits per heavy atom. The van der Waals surface area contributed by atoms with E-state index < -0.39 is 6.04 Å². The van der Waals surface area contributed by atoms with Gasteiger partial charge in [0.2, 0.25) is 0 Å². The van der Waals surface area contributed by atoms with Crippen molar-refractivity contribution in [2.75, 3.05) is 12.9 Å². The molecule has 0 saturated carbocycles. The van der Waals surface area contributed by atoms with E-state index in [4.69, 9.17) is 10.5 Å². The number of ketones is 1. The van der Waals surface area contributed by atoms with Gasteiger partial charge in [0.15, 0.2) is 11.5 Å². The maximum Gasteiger partial charge on any atom is 0.164 e. The van der Waals surface area contributed by atoms with E-state index in [1.165, 1.54) is 115 Å². The van der Waals surface area contributed by atoms with Crippen LogP contribution in [0.1, 0.15) is 116 Å². The number of phenolic OH excluding ortho intramolecular Hbond substituents is 2. The second-order valence-corrected chi connectivity index (χ2v) is 10.5. The van der Waals surface area contributed by atoms with Crippen molar-refractivity contribution in [2.45, 2.75) is 128 Å². The number of hydrogen-bond acceptors (Lipinski definition) is 6. The minimum Gasteiger partial charge on any atom is -0.507 e. The third-order valence-corrected chi connectivity index (χ3v) is 7.74. The molecule has 0 fully saturated rings. The third kappa shape index (κ3) is 12.3. The highest BCUT2D eigenvalue weighted by Crippen LogP contribution is 2.44. The van der Waals surface area contributed by atoms with Crippen LogP contribution in [0.3, 0.4) is 0 Å². The summed E-state index contributed by atoms with van der Waals surface area (Å²) in [6, 6.07) is 0.833. The van der Waals surface area contributed by atoms with Crippen LogP contribution in [0.15, 0.2) is 11.0 Å². The molecule has 0 unspecified atom stereocenters. The summed E-state index contributed by atoms with van der Waals surface area (Å²) in [5.41, 5.74) is 6.54. The van der Waals surface area contributed by atoms with E-state index in [0.717, 1.165) is 12.8 Å². The summed E-state index contributed by atoms with van der Waals surface area (Å²) >= 11 is 1.32. The largest absolute Gasteiger partial charge is 0.507 e. The van der Waals surface area contributed by atoms with Crippen molar-refractivity contribution in [3.63, 3.8) is 0 Å². The topological polar surface area (TPSA) is 92.8 Å². The van der Waals surface area contributed by atoms with E-state index in [-0.39, 0.29) is 23.0 Å². The van der Waals surface area contributed by atoms with Crippen molar-refractivity contribution in [3.05, 3.63) is 11.6 Å². The molecule has 1 atom stereocenters. The normalized spacial score (nSPS) is 12.1. The SMILES string of the molecule is CCCCCCCCCCCCCCCCCc1c(O)c(OC)cc(O)c1SC[C@@H](N)C(C)=O. The number of phenols is 2. The van der Waals surface area contributed by atoms with Gasteiger partial charge in [-0.15, -0.1) is 11.8 Å². The monoisotopic (exact) mass is 495 g/mol. The van der Waals surface area contributed by atoms with Gasteiger partial charge in [-0.25, -0.2) is 0 Å². The van der Waals surface area contributed by atoms with Gasteiger partial charge in [-0.05, 0) is 19.8 Å². The third-order valence-electron chi connectivity index (χ3n) is 6.47. The fourth-order valence-corrected chi connectivity index (χ4v) is 5.34. The Labute approximate surface area is 212 Å². The van der Waals surface area contributed by atoms with Crippen molar-refractivity contribution in [2.24, 2.45) is 5.73 Å². The molecule has 0 bridgehead atoms. The van der Waals surface area contributed by atoms with Gasteiger partial charge in [0.1, 0.15) is 11.5 Å². The molecule has 4 N–H and O–H groups in total. The highest BCUT2D eigenvalue weighted by molar-refractivity contribution is 7.99. The summed E-state index contributed by atoms with van der Waals surface area (Å²) in [6.45, 7) is 3.73. The quantitative estimate of drug-likeness (QED) is 0.0927. The van der Waals surface area contributed by atoms with Gasteiger partial charge in [0, 0.05) is 17.4 Å². The Balaban J connectivity index is 2.29. The van der Waals surface area contributed by atoms with Crippen LogP contribution in [0.25, 0.3) is 0 Å². The number of carbonyl (C=O) groups excluding carboxylic acids is 1. The van der Waals surface area contributed by atoms with E-state index in [1.807, 2.05) is 0 Å². The van der Waals surface area contributed by atoms with Crippen LogP contribution in [0.5, 0.6) is 17.2 Å². The summed E-state index contributed by atoms with van der Waals surface area (Å²) in [5, 5.41) is 21.1. The van der Waals surface area contributed by atoms with Gasteiger partial charge in [-0.1, -0.05) is 96.8 Å². The van der Waals surface area contributed by atoms with E-state index in [9.17, 15) is 15.0 Å². The van der Waals surface area contributed by atoms with Crippen LogP contribution in [0.4, 0.5) is 0 Å². The van der Waals surface area contributed by atoms with E-state index >= 15 is 0 Å². The van der Waals surface area contributed by atoms with Crippen molar-refractivity contribution in [3.8, 4) is 17.2 Å². The van der Waals surface area contributed by atoms with Crippen LogP contribution in [-0.2, 0) is 11.2 Å². The van der Waals surface area contributed by atoms with Gasteiger partial charge in [0.25, 0.3) is 0 Å². The van der Waals surface area contributed by atoms with Gasteiger partial charge in [-0.2, -0.15) is 0 Å². The zero-order valence-electron chi connectivity index (χ0n) is 21.9. The van der Waals surface area contributed by atoms with Crippen LogP contribution in [0.2, 0.25) is 0 Å². The molecule has 6 heteroatoms. The van der Waals surface area contributed by atoms with Gasteiger partial charge in [-0.3, -0.25) is 4.79 Å². The average molecular weight is 496 g/mol. The lowest BCUT2D eigenvalue weighted by atomic mass is 10.0. The molecule has 0 aliphatic carbocycles. The maximum atomic E-state index is 11.5. The zero-order valence-corrected chi connectivity index (χ0v) is 22.7. The maximum absolute atomic E-state index is 11.5. The number of ether oxygens (including phenoxy) is 1. The summed E-state index contributed by atoms with van der Waals surface area (Å²) in [5.74, 6) is 0.679. The predicted octanol–water partition coefficient (Wildman–Crippen LogP) is 7.53. The molecule has 34 heavy (non-hydrogen) atoms. The number of thioether (sulfide) groups is 1. The van der Waals surface area contributed by atoms with Crippen LogP contribution in [-0.4, -0.2) is 34.9 Å². The fourth-order valence-electron chi connectivity index (χ4n) is 4.18. The molecule has 196 valence electrons. The minimum absolute atomic E-state index is 0.0614. The molecule has 0 heterocycles. The van der Waals surface area contributed by atoms with E-state index in [1.54, 1.807) is 0 Å². The Bertz CT molecular complexity index is 695. The summed E-state index contributed by atoms with van der Waals surface area (Å²) in [6.07, 6.45) is 20.2. The highest BCUT2D eigenvalue weighted by atomic mass is 32.2. The second-order valence-electron chi connectivity index (χ2n) is 9.48. The van der Waals surface area contributed by atoms with Gasteiger partial charge >= 0.3 is 0 Å². The number of nitrogens with two attached hydrogens (primary N) is 1. The molecule has 0 aliphatic heterocycles. The molecular weight excluding hydrogens is 446 g/mol. The smallest absolute Gasteiger partial charge is 0.164 e. The number of unbranched alkanes of at least 4 members (excludes halogenated alkanes) is 14. The first kappa shape index (κ1) is 30.6. The summed E-state index contributed by atoms with van der Waals surface area (Å²) in [7, 11) is 1.48. The molecule has 0 saturated heterocycles. The molecule has 0 aliphatic rings. The van der Waals surface area contributed by atoms with Crippen LogP contribution >= 0.6 is 11.8 Å². The van der Waals surface area contributed by atoms with E-state index in [2.05, 4.69) is 6.92 Å². The Hall–Kier alpha value is -1.40. The van der Waals surface area contributed by atoms with Crippen molar-refractivity contribution >= 4 is 17.5 Å². The number of rotatable bonds is 21. The zero-order chi connectivity index (χ0) is 25.2. The highest BCUT2D eigenvalue weighted by Gasteiger charge is 2.20.